The first-order chi connectivity index (χ1) is 6.81. The Morgan fingerprint density at radius 1 is 1.64 bits per heavy atom. The van der Waals surface area contributed by atoms with E-state index in [0.29, 0.717) is 5.56 Å². The summed E-state index contributed by atoms with van der Waals surface area (Å²) in [6.45, 7) is 0.926. The van der Waals surface area contributed by atoms with Crippen LogP contribution in [0.1, 0.15) is 18.4 Å². The molecular weight excluding hydrogens is 198 g/mol. The number of hydrogen-bond donors (Lipinski definition) is 1. The van der Waals surface area contributed by atoms with Crippen LogP contribution in [0.3, 0.4) is 0 Å². The van der Waals surface area contributed by atoms with Crippen molar-refractivity contribution in [2.45, 2.75) is 12.8 Å². The quantitative estimate of drug-likeness (QED) is 0.775. The minimum atomic E-state index is 0.272. The van der Waals surface area contributed by atoms with Crippen molar-refractivity contribution >= 4 is 17.3 Å². The number of anilines is 1. The molecule has 1 saturated carbocycles. The van der Waals surface area contributed by atoms with Crippen LogP contribution in [0.25, 0.3) is 0 Å². The number of halogens is 1. The second-order valence-electron chi connectivity index (χ2n) is 3.46. The SMILES string of the molecule is N#Cc1c(NCC2CC2)ccnc1Cl. The zero-order valence-electron chi connectivity index (χ0n) is 7.63. The molecule has 2 rings (SSSR count). The van der Waals surface area contributed by atoms with Gasteiger partial charge in [0.1, 0.15) is 16.8 Å². The Balaban J connectivity index is 2.14. The lowest BCUT2D eigenvalue weighted by molar-refractivity contribution is 0.888. The van der Waals surface area contributed by atoms with Gasteiger partial charge in [-0.15, -0.1) is 0 Å². The molecule has 4 heteroatoms. The second kappa shape index (κ2) is 3.85. The van der Waals surface area contributed by atoms with E-state index in [4.69, 9.17) is 16.9 Å². The summed E-state index contributed by atoms with van der Waals surface area (Å²) >= 11 is 5.79. The van der Waals surface area contributed by atoms with E-state index < -0.39 is 0 Å². The van der Waals surface area contributed by atoms with E-state index in [9.17, 15) is 0 Å². The van der Waals surface area contributed by atoms with Gasteiger partial charge in [0.25, 0.3) is 0 Å². The summed E-state index contributed by atoms with van der Waals surface area (Å²) in [5.74, 6) is 0.772. The predicted molar refractivity (Wildman–Crippen MR) is 55.2 cm³/mol. The molecule has 0 aromatic carbocycles. The summed E-state index contributed by atoms with van der Waals surface area (Å²) in [5.41, 5.74) is 1.23. The molecule has 0 radical (unpaired) electrons. The molecule has 0 atom stereocenters. The van der Waals surface area contributed by atoms with E-state index in [1.54, 1.807) is 12.3 Å². The molecule has 1 N–H and O–H groups in total. The molecule has 14 heavy (non-hydrogen) atoms. The van der Waals surface area contributed by atoms with Crippen molar-refractivity contribution in [2.24, 2.45) is 5.92 Å². The molecule has 0 saturated heterocycles. The summed E-state index contributed by atoms with van der Waals surface area (Å²) < 4.78 is 0. The molecule has 1 aliphatic carbocycles. The van der Waals surface area contributed by atoms with E-state index >= 15 is 0 Å². The van der Waals surface area contributed by atoms with Crippen molar-refractivity contribution in [1.82, 2.24) is 4.98 Å². The second-order valence-corrected chi connectivity index (χ2v) is 3.82. The maximum absolute atomic E-state index is 8.87. The zero-order chi connectivity index (χ0) is 9.97. The van der Waals surface area contributed by atoms with E-state index in [-0.39, 0.29) is 5.15 Å². The first kappa shape index (κ1) is 9.29. The molecule has 3 nitrogen and oxygen atoms in total. The standard InChI is InChI=1S/C10H10ClN3/c11-10-8(5-12)9(3-4-13-10)14-6-7-1-2-7/h3-4,7H,1-2,6H2,(H,13,14). The lowest BCUT2D eigenvalue weighted by Gasteiger charge is -2.07. The van der Waals surface area contributed by atoms with Crippen LogP contribution >= 0.6 is 11.6 Å². The van der Waals surface area contributed by atoms with Crippen LogP contribution < -0.4 is 5.32 Å². The van der Waals surface area contributed by atoms with Crippen LogP contribution in [0.2, 0.25) is 5.15 Å². The van der Waals surface area contributed by atoms with Crippen LogP contribution in [0, 0.1) is 17.2 Å². The molecule has 0 aliphatic heterocycles. The summed E-state index contributed by atoms with van der Waals surface area (Å²) in [6.07, 6.45) is 4.18. The number of hydrogen-bond acceptors (Lipinski definition) is 3. The van der Waals surface area contributed by atoms with E-state index in [1.165, 1.54) is 12.8 Å². The smallest absolute Gasteiger partial charge is 0.148 e. The maximum atomic E-state index is 8.87. The Hall–Kier alpha value is -1.27. The minimum Gasteiger partial charge on any atom is -0.384 e. The normalized spacial score (nSPS) is 14.9. The lowest BCUT2D eigenvalue weighted by Crippen LogP contribution is -2.05. The van der Waals surface area contributed by atoms with Gasteiger partial charge in [-0.25, -0.2) is 4.98 Å². The molecule has 0 amide bonds. The van der Waals surface area contributed by atoms with E-state index in [1.807, 2.05) is 0 Å². The third-order valence-corrected chi connectivity index (χ3v) is 2.58. The van der Waals surface area contributed by atoms with Gasteiger partial charge >= 0.3 is 0 Å². The van der Waals surface area contributed by atoms with Gasteiger partial charge < -0.3 is 5.32 Å². The highest BCUT2D eigenvalue weighted by Crippen LogP contribution is 2.30. The largest absolute Gasteiger partial charge is 0.384 e. The number of aromatic nitrogens is 1. The van der Waals surface area contributed by atoms with Gasteiger partial charge in [0.05, 0.1) is 5.69 Å². The number of pyridine rings is 1. The van der Waals surface area contributed by atoms with Crippen molar-refractivity contribution in [1.29, 1.82) is 5.26 Å². The van der Waals surface area contributed by atoms with Crippen LogP contribution in [-0.4, -0.2) is 11.5 Å². The van der Waals surface area contributed by atoms with Gasteiger partial charge in [0.15, 0.2) is 0 Å². The Labute approximate surface area is 87.7 Å². The van der Waals surface area contributed by atoms with Crippen molar-refractivity contribution in [3.63, 3.8) is 0 Å². The molecule has 1 aromatic heterocycles. The fourth-order valence-electron chi connectivity index (χ4n) is 1.27. The topological polar surface area (TPSA) is 48.7 Å². The van der Waals surface area contributed by atoms with Crippen molar-refractivity contribution < 1.29 is 0 Å². The molecule has 0 unspecified atom stereocenters. The van der Waals surface area contributed by atoms with Crippen molar-refractivity contribution in [3.05, 3.63) is 23.0 Å². The number of nitrogens with one attached hydrogen (secondary N) is 1. The minimum absolute atomic E-state index is 0.272. The molecule has 0 spiro atoms. The average molecular weight is 208 g/mol. The number of rotatable bonds is 3. The molecule has 1 fully saturated rings. The number of nitriles is 1. The van der Waals surface area contributed by atoms with Crippen LogP contribution in [-0.2, 0) is 0 Å². The Morgan fingerprint density at radius 2 is 2.43 bits per heavy atom. The van der Waals surface area contributed by atoms with Crippen LogP contribution in [0.4, 0.5) is 5.69 Å². The summed E-state index contributed by atoms with van der Waals surface area (Å²) in [6, 6.07) is 3.84. The average Bonchev–Trinajstić information content (AvgIpc) is 2.98. The molecule has 0 bridgehead atoms. The Morgan fingerprint density at radius 3 is 3.07 bits per heavy atom. The van der Waals surface area contributed by atoms with E-state index in [2.05, 4.69) is 16.4 Å². The monoisotopic (exact) mass is 207 g/mol. The Kier molecular flexibility index (Phi) is 2.55. The predicted octanol–water partition coefficient (Wildman–Crippen LogP) is 2.43. The highest BCUT2D eigenvalue weighted by molar-refractivity contribution is 6.30. The third-order valence-electron chi connectivity index (χ3n) is 2.29. The highest BCUT2D eigenvalue weighted by Gasteiger charge is 2.21. The van der Waals surface area contributed by atoms with Gasteiger partial charge in [0, 0.05) is 12.7 Å². The first-order valence-electron chi connectivity index (χ1n) is 4.59. The lowest BCUT2D eigenvalue weighted by atomic mass is 10.2. The first-order valence-corrected chi connectivity index (χ1v) is 4.97. The third kappa shape index (κ3) is 1.97. The summed E-state index contributed by atoms with van der Waals surface area (Å²) in [7, 11) is 0. The maximum Gasteiger partial charge on any atom is 0.148 e. The summed E-state index contributed by atoms with van der Waals surface area (Å²) in [4.78, 5) is 3.86. The summed E-state index contributed by atoms with van der Waals surface area (Å²) in [5, 5.41) is 12.4. The van der Waals surface area contributed by atoms with Gasteiger partial charge in [-0.2, -0.15) is 5.26 Å². The number of nitrogens with zero attached hydrogens (tertiary/aromatic N) is 2. The van der Waals surface area contributed by atoms with Crippen molar-refractivity contribution in [3.8, 4) is 6.07 Å². The van der Waals surface area contributed by atoms with Crippen LogP contribution in [0.5, 0.6) is 0 Å². The van der Waals surface area contributed by atoms with Crippen LogP contribution in [0.15, 0.2) is 12.3 Å². The molecule has 1 heterocycles. The van der Waals surface area contributed by atoms with Gasteiger partial charge in [-0.3, -0.25) is 0 Å². The van der Waals surface area contributed by atoms with E-state index in [0.717, 1.165) is 18.2 Å². The zero-order valence-corrected chi connectivity index (χ0v) is 8.38. The fourth-order valence-corrected chi connectivity index (χ4v) is 1.47. The van der Waals surface area contributed by atoms with Crippen molar-refractivity contribution in [2.75, 3.05) is 11.9 Å². The molecule has 72 valence electrons. The van der Waals surface area contributed by atoms with Gasteiger partial charge in [-0.1, -0.05) is 11.6 Å². The molecule has 1 aliphatic rings. The molecule has 1 aromatic rings. The van der Waals surface area contributed by atoms with Gasteiger partial charge in [-0.05, 0) is 24.8 Å². The molecular formula is C10H10ClN3. The fraction of sp³-hybridized carbons (Fsp3) is 0.400. The highest BCUT2D eigenvalue weighted by atomic mass is 35.5. The Bertz CT molecular complexity index is 379. The van der Waals surface area contributed by atoms with Gasteiger partial charge in [0.2, 0.25) is 0 Å².